The summed E-state index contributed by atoms with van der Waals surface area (Å²) < 4.78 is 1.69. The first-order valence-electron chi connectivity index (χ1n) is 10.5. The lowest BCUT2D eigenvalue weighted by molar-refractivity contribution is -0.145. The molecule has 1 atom stereocenters. The summed E-state index contributed by atoms with van der Waals surface area (Å²) in [5, 5.41) is 24.4. The largest absolute Gasteiger partial charge is 0.481 e. The van der Waals surface area contributed by atoms with Crippen LogP contribution >= 0.6 is 0 Å². The van der Waals surface area contributed by atoms with E-state index in [-0.39, 0.29) is 17.9 Å². The topological polar surface area (TPSA) is 138 Å². The van der Waals surface area contributed by atoms with Crippen LogP contribution in [0.25, 0.3) is 10.9 Å². The van der Waals surface area contributed by atoms with E-state index < -0.39 is 30.3 Å². The van der Waals surface area contributed by atoms with Gasteiger partial charge in [0.1, 0.15) is 6.04 Å². The highest BCUT2D eigenvalue weighted by molar-refractivity contribution is 6.03. The van der Waals surface area contributed by atoms with E-state index in [0.29, 0.717) is 18.5 Å². The molecular formula is C24H23N3O6. The number of aromatic nitrogens is 1. The number of nitrogens with zero attached hydrogens (tertiary/aromatic N) is 1. The van der Waals surface area contributed by atoms with E-state index in [2.05, 4.69) is 10.6 Å². The summed E-state index contributed by atoms with van der Waals surface area (Å²) in [6, 6.07) is 12.7. The lowest BCUT2D eigenvalue weighted by Gasteiger charge is -2.16. The van der Waals surface area contributed by atoms with Crippen molar-refractivity contribution in [1.29, 1.82) is 0 Å². The minimum atomic E-state index is -1.54. The predicted octanol–water partition coefficient (Wildman–Crippen LogP) is 1.83. The van der Waals surface area contributed by atoms with E-state index in [1.807, 2.05) is 30.3 Å². The fraction of sp³-hybridized carbons (Fsp3) is 0.250. The smallest absolute Gasteiger partial charge is 0.326 e. The standard InChI is InChI=1S/C24H23N3O6/c28-21(10-14-4-2-1-3-5-14)27-19-7-6-15(11-17(19)16-8-9-25-13-20(16)27)23(31)26-18(24(32)33)12-22(29)30/h1-7,11,18,25H,8-10,12-13H2,(H,26,31)(H,29,30)(H,32,33). The molecule has 0 spiro atoms. The van der Waals surface area contributed by atoms with Crippen LogP contribution in [0.1, 0.15) is 38.4 Å². The van der Waals surface area contributed by atoms with Crippen LogP contribution < -0.4 is 10.6 Å². The summed E-state index contributed by atoms with van der Waals surface area (Å²) in [6.45, 7) is 1.25. The molecule has 33 heavy (non-hydrogen) atoms. The van der Waals surface area contributed by atoms with Gasteiger partial charge < -0.3 is 20.8 Å². The average Bonchev–Trinajstić information content (AvgIpc) is 3.12. The zero-order valence-corrected chi connectivity index (χ0v) is 17.7. The molecule has 9 nitrogen and oxygen atoms in total. The maximum Gasteiger partial charge on any atom is 0.326 e. The Morgan fingerprint density at radius 1 is 1.06 bits per heavy atom. The van der Waals surface area contributed by atoms with Gasteiger partial charge in [0, 0.05) is 23.2 Å². The fourth-order valence-electron chi connectivity index (χ4n) is 4.19. The first kappa shape index (κ1) is 22.2. The van der Waals surface area contributed by atoms with Gasteiger partial charge in [0.25, 0.3) is 5.91 Å². The Balaban J connectivity index is 1.69. The number of carboxylic acid groups (broad SMARTS) is 2. The Bertz CT molecular complexity index is 1250. The van der Waals surface area contributed by atoms with E-state index in [9.17, 15) is 24.3 Å². The summed E-state index contributed by atoms with van der Waals surface area (Å²) >= 11 is 0. The summed E-state index contributed by atoms with van der Waals surface area (Å²) in [5.41, 5.74) is 3.61. The molecule has 4 N–H and O–H groups in total. The van der Waals surface area contributed by atoms with E-state index in [1.54, 1.807) is 16.7 Å². The number of carbonyl (C=O) groups is 4. The molecule has 0 saturated heterocycles. The van der Waals surface area contributed by atoms with Gasteiger partial charge in [0.15, 0.2) is 0 Å². The fourth-order valence-corrected chi connectivity index (χ4v) is 4.19. The maximum atomic E-state index is 13.2. The van der Waals surface area contributed by atoms with Crippen molar-refractivity contribution >= 4 is 34.7 Å². The van der Waals surface area contributed by atoms with Gasteiger partial charge in [-0.25, -0.2) is 4.79 Å². The van der Waals surface area contributed by atoms with Crippen LogP contribution in [-0.2, 0) is 29.0 Å². The molecule has 0 aliphatic carbocycles. The SMILES string of the molecule is O=C(O)CC(NC(=O)c1ccc2c(c1)c1c(n2C(=O)Cc2ccccc2)CNCC1)C(=O)O. The Kier molecular flexibility index (Phi) is 6.23. The maximum absolute atomic E-state index is 13.2. The zero-order chi connectivity index (χ0) is 23.5. The molecule has 1 aliphatic rings. The van der Waals surface area contributed by atoms with Crippen molar-refractivity contribution in [3.63, 3.8) is 0 Å². The van der Waals surface area contributed by atoms with E-state index in [4.69, 9.17) is 5.11 Å². The van der Waals surface area contributed by atoms with Gasteiger partial charge in [-0.3, -0.25) is 19.0 Å². The quantitative estimate of drug-likeness (QED) is 0.432. The van der Waals surface area contributed by atoms with Gasteiger partial charge in [0.2, 0.25) is 5.91 Å². The predicted molar refractivity (Wildman–Crippen MR) is 119 cm³/mol. The Labute approximate surface area is 189 Å². The first-order valence-corrected chi connectivity index (χ1v) is 10.5. The lowest BCUT2D eigenvalue weighted by atomic mass is 10.0. The Morgan fingerprint density at radius 3 is 2.52 bits per heavy atom. The minimum absolute atomic E-state index is 0.0826. The number of fused-ring (bicyclic) bond motifs is 3. The number of hydrogen-bond acceptors (Lipinski definition) is 5. The van der Waals surface area contributed by atoms with Gasteiger partial charge in [-0.1, -0.05) is 30.3 Å². The number of rotatable bonds is 7. The number of hydrogen-bond donors (Lipinski definition) is 4. The third-order valence-electron chi connectivity index (χ3n) is 5.72. The first-order chi connectivity index (χ1) is 15.8. The highest BCUT2D eigenvalue weighted by Gasteiger charge is 2.26. The Morgan fingerprint density at radius 2 is 1.82 bits per heavy atom. The second-order valence-electron chi connectivity index (χ2n) is 7.94. The van der Waals surface area contributed by atoms with Crippen LogP contribution in [0.15, 0.2) is 48.5 Å². The molecule has 1 amide bonds. The molecular weight excluding hydrogens is 426 g/mol. The Hall–Kier alpha value is -3.98. The second-order valence-corrected chi connectivity index (χ2v) is 7.94. The molecule has 2 aromatic carbocycles. The van der Waals surface area contributed by atoms with Crippen molar-refractivity contribution in [3.8, 4) is 0 Å². The number of benzene rings is 2. The summed E-state index contributed by atoms with van der Waals surface area (Å²) in [5.74, 6) is -3.51. The molecule has 4 rings (SSSR count). The molecule has 0 saturated carbocycles. The molecule has 0 radical (unpaired) electrons. The van der Waals surface area contributed by atoms with Crippen molar-refractivity contribution < 1.29 is 29.4 Å². The van der Waals surface area contributed by atoms with Gasteiger partial charge in [-0.05, 0) is 42.3 Å². The van der Waals surface area contributed by atoms with Gasteiger partial charge in [0.05, 0.1) is 18.4 Å². The van der Waals surface area contributed by atoms with Gasteiger partial charge >= 0.3 is 11.9 Å². The van der Waals surface area contributed by atoms with Crippen molar-refractivity contribution in [2.45, 2.75) is 31.8 Å². The van der Waals surface area contributed by atoms with Crippen molar-refractivity contribution in [1.82, 2.24) is 15.2 Å². The van der Waals surface area contributed by atoms with Crippen LogP contribution in [0.3, 0.4) is 0 Å². The molecule has 170 valence electrons. The summed E-state index contributed by atoms with van der Waals surface area (Å²) in [4.78, 5) is 48.1. The van der Waals surface area contributed by atoms with Crippen LogP contribution in [0, 0.1) is 0 Å². The van der Waals surface area contributed by atoms with Crippen LogP contribution in [0.5, 0.6) is 0 Å². The molecule has 3 aromatic rings. The van der Waals surface area contributed by atoms with Crippen molar-refractivity contribution in [2.24, 2.45) is 0 Å². The van der Waals surface area contributed by atoms with Crippen LogP contribution in [-0.4, -0.2) is 51.1 Å². The third kappa shape index (κ3) is 4.63. The number of carbonyl (C=O) groups excluding carboxylic acids is 2. The van der Waals surface area contributed by atoms with Gasteiger partial charge in [-0.15, -0.1) is 0 Å². The van der Waals surface area contributed by atoms with E-state index >= 15 is 0 Å². The number of carboxylic acids is 2. The molecule has 9 heteroatoms. The van der Waals surface area contributed by atoms with Gasteiger partial charge in [-0.2, -0.15) is 0 Å². The summed E-state index contributed by atoms with van der Waals surface area (Å²) in [6.07, 6.45) is 0.183. The van der Waals surface area contributed by atoms with Crippen molar-refractivity contribution in [2.75, 3.05) is 6.54 Å². The number of nitrogens with one attached hydrogen (secondary N) is 2. The third-order valence-corrected chi connectivity index (χ3v) is 5.72. The molecule has 0 bridgehead atoms. The molecule has 2 heterocycles. The van der Waals surface area contributed by atoms with E-state index in [1.165, 1.54) is 6.07 Å². The van der Waals surface area contributed by atoms with Crippen LogP contribution in [0.4, 0.5) is 0 Å². The van der Waals surface area contributed by atoms with Crippen molar-refractivity contribution in [3.05, 3.63) is 70.9 Å². The van der Waals surface area contributed by atoms with E-state index in [0.717, 1.165) is 28.8 Å². The number of aliphatic carboxylic acids is 2. The molecule has 1 aliphatic heterocycles. The molecule has 1 unspecified atom stereocenters. The molecule has 0 fully saturated rings. The zero-order valence-electron chi connectivity index (χ0n) is 17.7. The highest BCUT2D eigenvalue weighted by atomic mass is 16.4. The highest BCUT2D eigenvalue weighted by Crippen LogP contribution is 2.30. The second kappa shape index (κ2) is 9.25. The number of amides is 1. The minimum Gasteiger partial charge on any atom is -0.481 e. The monoisotopic (exact) mass is 449 g/mol. The normalized spacial score (nSPS) is 13.8. The van der Waals surface area contributed by atoms with Crippen LogP contribution in [0.2, 0.25) is 0 Å². The summed E-state index contributed by atoms with van der Waals surface area (Å²) in [7, 11) is 0. The average molecular weight is 449 g/mol. The molecule has 1 aromatic heterocycles. The lowest BCUT2D eigenvalue weighted by Crippen LogP contribution is -2.42.